The second-order valence-electron chi connectivity index (χ2n) is 8.92. The molecule has 0 aromatic heterocycles. The Morgan fingerprint density at radius 3 is 2.60 bits per heavy atom. The molecule has 0 aliphatic carbocycles. The van der Waals surface area contributed by atoms with E-state index in [2.05, 4.69) is 33.9 Å². The normalized spacial score (nSPS) is 30.7. The number of nitrogens with zero attached hydrogens (tertiary/aromatic N) is 1. The fourth-order valence-corrected chi connectivity index (χ4v) is 6.70. The summed E-state index contributed by atoms with van der Waals surface area (Å²) >= 11 is 1.86. The van der Waals surface area contributed by atoms with Gasteiger partial charge in [-0.2, -0.15) is 11.8 Å². The molecule has 1 amide bonds. The minimum atomic E-state index is -1.97. The molecule has 0 aromatic rings. The monoisotopic (exact) mass is 383 g/mol. The third-order valence-corrected chi connectivity index (χ3v) is 12.1. The largest absolute Gasteiger partial charge is 0.477 e. The van der Waals surface area contributed by atoms with Gasteiger partial charge in [0.05, 0.1) is 18.1 Å². The first kappa shape index (κ1) is 19.0. The van der Waals surface area contributed by atoms with Crippen molar-refractivity contribution in [3.63, 3.8) is 0 Å². The molecule has 0 spiro atoms. The van der Waals surface area contributed by atoms with Crippen molar-refractivity contribution in [1.82, 2.24) is 4.90 Å². The van der Waals surface area contributed by atoms with Gasteiger partial charge < -0.3 is 14.4 Å². The van der Waals surface area contributed by atoms with E-state index < -0.39 is 14.3 Å². The second kappa shape index (κ2) is 6.13. The molecule has 0 saturated carbocycles. The Balaban J connectivity index is 1.83. The van der Waals surface area contributed by atoms with Gasteiger partial charge in [-0.1, -0.05) is 20.8 Å². The zero-order chi connectivity index (χ0) is 18.7. The Labute approximate surface area is 155 Å². The number of β-lactam (4-membered cyclic amide) rings is 1. The number of aliphatic carboxylic acids is 1. The standard InChI is InChI=1S/C18H29NO4SSi/c1-10(23-25(5,6)18(2,3)4)13-14-12-9-24-8-7-11(12)15(17(21)22)19(14)16(13)20/h10,12-14H,7-9H2,1-6H3,(H,21,22)/t10-,12-,13-,14-/m1/s1. The number of hydrogen-bond donors (Lipinski definition) is 1. The highest BCUT2D eigenvalue weighted by Gasteiger charge is 2.62. The molecule has 3 aliphatic heterocycles. The van der Waals surface area contributed by atoms with Gasteiger partial charge in [-0.15, -0.1) is 0 Å². The highest BCUT2D eigenvalue weighted by Crippen LogP contribution is 2.52. The summed E-state index contributed by atoms with van der Waals surface area (Å²) in [7, 11) is -1.97. The molecule has 7 heteroatoms. The molecule has 0 aromatic carbocycles. The van der Waals surface area contributed by atoms with Gasteiger partial charge in [-0.3, -0.25) is 4.79 Å². The van der Waals surface area contributed by atoms with Gasteiger partial charge in [0.25, 0.3) is 0 Å². The minimum Gasteiger partial charge on any atom is -0.477 e. The van der Waals surface area contributed by atoms with Crippen LogP contribution in [0.1, 0.15) is 34.1 Å². The number of carboxylic acids is 1. The molecule has 2 saturated heterocycles. The van der Waals surface area contributed by atoms with Crippen LogP contribution in [-0.4, -0.2) is 53.9 Å². The van der Waals surface area contributed by atoms with Crippen molar-refractivity contribution >= 4 is 32.0 Å². The number of carbonyl (C=O) groups excluding carboxylic acids is 1. The first-order valence-electron chi connectivity index (χ1n) is 9.02. The molecule has 0 unspecified atom stereocenters. The molecule has 5 nitrogen and oxygen atoms in total. The van der Waals surface area contributed by atoms with E-state index >= 15 is 0 Å². The molecule has 1 N–H and O–H groups in total. The molecular formula is C18H29NO4SSi. The molecule has 3 rings (SSSR count). The van der Waals surface area contributed by atoms with Crippen molar-refractivity contribution in [1.29, 1.82) is 0 Å². The number of thioether (sulfide) groups is 1. The summed E-state index contributed by atoms with van der Waals surface area (Å²) in [6, 6.07) is -0.0267. The van der Waals surface area contributed by atoms with Gasteiger partial charge in [-0.25, -0.2) is 4.79 Å². The van der Waals surface area contributed by atoms with Gasteiger partial charge in [0.15, 0.2) is 8.32 Å². The SMILES string of the molecule is C[C@@H](O[Si](C)(C)C(C)(C)C)[C@H]1C(=O)N2C(C(=O)O)=C3CCSC[C@H]3[C@H]12. The van der Waals surface area contributed by atoms with Crippen LogP contribution >= 0.6 is 11.8 Å². The molecule has 25 heavy (non-hydrogen) atoms. The number of carbonyl (C=O) groups is 2. The quantitative estimate of drug-likeness (QED) is 0.596. The molecule has 3 aliphatic rings. The predicted octanol–water partition coefficient (Wildman–Crippen LogP) is 3.33. The van der Waals surface area contributed by atoms with E-state index in [1.54, 1.807) is 4.90 Å². The summed E-state index contributed by atoms with van der Waals surface area (Å²) in [6.07, 6.45) is 0.609. The summed E-state index contributed by atoms with van der Waals surface area (Å²) in [5.41, 5.74) is 1.24. The van der Waals surface area contributed by atoms with Crippen LogP contribution in [0.2, 0.25) is 18.1 Å². The van der Waals surface area contributed by atoms with Crippen LogP contribution in [0.25, 0.3) is 0 Å². The van der Waals surface area contributed by atoms with Crippen molar-refractivity contribution in [2.24, 2.45) is 11.8 Å². The van der Waals surface area contributed by atoms with Gasteiger partial charge in [-0.05, 0) is 42.8 Å². The smallest absolute Gasteiger partial charge is 0.352 e. The van der Waals surface area contributed by atoms with Crippen LogP contribution in [0.4, 0.5) is 0 Å². The van der Waals surface area contributed by atoms with Gasteiger partial charge >= 0.3 is 5.97 Å². The van der Waals surface area contributed by atoms with Crippen LogP contribution in [-0.2, 0) is 14.0 Å². The van der Waals surface area contributed by atoms with Crippen molar-refractivity contribution in [2.75, 3.05) is 11.5 Å². The van der Waals surface area contributed by atoms with Crippen LogP contribution in [0.5, 0.6) is 0 Å². The summed E-state index contributed by atoms with van der Waals surface area (Å²) in [5.74, 6) is 0.782. The number of carboxylic acid groups (broad SMARTS) is 1. The van der Waals surface area contributed by atoms with E-state index in [0.717, 1.165) is 23.5 Å². The van der Waals surface area contributed by atoms with Gasteiger partial charge in [0, 0.05) is 11.7 Å². The fourth-order valence-electron chi connectivity index (χ4n) is 4.09. The maximum atomic E-state index is 12.8. The van der Waals surface area contributed by atoms with E-state index in [0.29, 0.717) is 0 Å². The van der Waals surface area contributed by atoms with E-state index in [9.17, 15) is 14.7 Å². The summed E-state index contributed by atoms with van der Waals surface area (Å²) < 4.78 is 6.48. The predicted molar refractivity (Wildman–Crippen MR) is 102 cm³/mol. The van der Waals surface area contributed by atoms with Crippen LogP contribution in [0.3, 0.4) is 0 Å². The lowest BCUT2D eigenvalue weighted by Gasteiger charge is -2.50. The molecule has 4 atom stereocenters. The first-order chi connectivity index (χ1) is 11.5. The maximum absolute atomic E-state index is 12.8. The van der Waals surface area contributed by atoms with Crippen LogP contribution in [0, 0.1) is 11.8 Å². The van der Waals surface area contributed by atoms with Crippen molar-refractivity contribution in [3.05, 3.63) is 11.3 Å². The molecule has 3 heterocycles. The zero-order valence-corrected chi connectivity index (χ0v) is 17.8. The number of fused-ring (bicyclic) bond motifs is 3. The molecule has 0 radical (unpaired) electrons. The molecular weight excluding hydrogens is 354 g/mol. The average Bonchev–Trinajstić information content (AvgIpc) is 2.76. The highest BCUT2D eigenvalue weighted by molar-refractivity contribution is 7.99. The van der Waals surface area contributed by atoms with E-state index in [1.807, 2.05) is 18.7 Å². The molecule has 140 valence electrons. The Morgan fingerprint density at radius 1 is 1.40 bits per heavy atom. The van der Waals surface area contributed by atoms with Crippen molar-refractivity contribution in [2.45, 2.75) is 64.4 Å². The Kier molecular flexibility index (Phi) is 4.65. The van der Waals surface area contributed by atoms with Crippen LogP contribution in [0.15, 0.2) is 11.3 Å². The average molecular weight is 384 g/mol. The van der Waals surface area contributed by atoms with E-state index in [1.165, 1.54) is 0 Å². The Bertz CT molecular complexity index is 639. The number of rotatable bonds is 4. The second-order valence-corrected chi connectivity index (χ2v) is 14.8. The summed E-state index contributed by atoms with van der Waals surface area (Å²) in [5, 5.41) is 9.71. The third-order valence-electron chi connectivity index (χ3n) is 6.40. The van der Waals surface area contributed by atoms with Gasteiger partial charge in [0.1, 0.15) is 5.70 Å². The lowest BCUT2D eigenvalue weighted by Crippen LogP contribution is -2.65. The van der Waals surface area contributed by atoms with Gasteiger partial charge in [0.2, 0.25) is 5.91 Å². The zero-order valence-electron chi connectivity index (χ0n) is 16.0. The van der Waals surface area contributed by atoms with E-state index in [-0.39, 0.29) is 40.6 Å². The maximum Gasteiger partial charge on any atom is 0.352 e. The first-order valence-corrected chi connectivity index (χ1v) is 13.1. The van der Waals surface area contributed by atoms with Crippen molar-refractivity contribution in [3.8, 4) is 0 Å². The Hall–Kier alpha value is -0.793. The van der Waals surface area contributed by atoms with Crippen LogP contribution < -0.4 is 0 Å². The number of amides is 1. The fraction of sp³-hybridized carbons (Fsp3) is 0.778. The minimum absolute atomic E-state index is 0.0267. The topological polar surface area (TPSA) is 66.8 Å². The highest BCUT2D eigenvalue weighted by atomic mass is 32.2. The molecule has 2 fully saturated rings. The van der Waals surface area contributed by atoms with E-state index in [4.69, 9.17) is 4.43 Å². The third kappa shape index (κ3) is 2.88. The Morgan fingerprint density at radius 2 is 2.04 bits per heavy atom. The lowest BCUT2D eigenvalue weighted by molar-refractivity contribution is -0.162. The molecule has 0 bridgehead atoms. The van der Waals surface area contributed by atoms with Crippen molar-refractivity contribution < 1.29 is 19.1 Å². The lowest BCUT2D eigenvalue weighted by atomic mass is 9.77. The summed E-state index contributed by atoms with van der Waals surface area (Å²) in [4.78, 5) is 26.1. The number of hydrogen-bond acceptors (Lipinski definition) is 4. The summed E-state index contributed by atoms with van der Waals surface area (Å²) in [6.45, 7) is 13.0.